The molecule has 4 nitrogen and oxygen atoms in total. The number of unbranched alkanes of at least 4 members (excludes halogenated alkanes) is 2. The fourth-order valence-electron chi connectivity index (χ4n) is 13.7. The van der Waals surface area contributed by atoms with E-state index in [-0.39, 0.29) is 17.2 Å². The number of allylic oxidation sites excluding steroid dienone is 1. The van der Waals surface area contributed by atoms with Gasteiger partial charge in [-0.25, -0.2) is 4.39 Å². The number of piperidine rings is 1. The molecule has 12 rings (SSSR count). The summed E-state index contributed by atoms with van der Waals surface area (Å²) in [5.74, 6) is 0.929. The van der Waals surface area contributed by atoms with Gasteiger partial charge in [0, 0.05) is 57.5 Å². The number of hydrogen-bond acceptors (Lipinski definition) is 3. The van der Waals surface area contributed by atoms with Crippen molar-refractivity contribution < 1.29 is 27.1 Å². The highest BCUT2D eigenvalue weighted by atomic mass is 19.4. The summed E-state index contributed by atoms with van der Waals surface area (Å²) in [6, 6.07) is 49.7. The van der Waals surface area contributed by atoms with Gasteiger partial charge in [0.2, 0.25) is 0 Å². The molecule has 1 saturated heterocycles. The maximum Gasteiger partial charge on any atom is 0.417 e. The maximum atomic E-state index is 16.3. The van der Waals surface area contributed by atoms with Crippen molar-refractivity contribution in [3.8, 4) is 39.1 Å². The van der Waals surface area contributed by atoms with Crippen LogP contribution in [-0.4, -0.2) is 25.2 Å². The number of carbonyl (C=O) groups excluding carboxylic acids is 1. The molecule has 2 heterocycles. The molecule has 1 unspecified atom stereocenters. The predicted molar refractivity (Wildman–Crippen MR) is 315 cm³/mol. The number of benzene rings is 8. The van der Waals surface area contributed by atoms with Gasteiger partial charge in [0.1, 0.15) is 11.6 Å². The molecule has 0 aromatic heterocycles. The van der Waals surface area contributed by atoms with Gasteiger partial charge in [0.25, 0.3) is 5.91 Å². The summed E-state index contributed by atoms with van der Waals surface area (Å²) in [7, 11) is 0. The molecular weight excluding hydrogens is 989 g/mol. The van der Waals surface area contributed by atoms with Gasteiger partial charge in [-0.15, -0.1) is 0 Å². The summed E-state index contributed by atoms with van der Waals surface area (Å²) in [4.78, 5) is 16.1. The van der Waals surface area contributed by atoms with E-state index in [4.69, 9.17) is 4.74 Å². The van der Waals surface area contributed by atoms with Crippen LogP contribution >= 0.6 is 0 Å². The number of nitrogens with zero attached hydrogens (tertiary/aromatic N) is 1. The Kier molecular flexibility index (Phi) is 13.9. The predicted octanol–water partition coefficient (Wildman–Crippen LogP) is 19.3. The Morgan fingerprint density at radius 1 is 0.684 bits per heavy atom. The number of hydrogen-bond donors (Lipinski definition) is 1. The smallest absolute Gasteiger partial charge is 0.417 e. The summed E-state index contributed by atoms with van der Waals surface area (Å²) in [6.07, 6.45) is 10.3. The topological polar surface area (TPSA) is 41.6 Å². The zero-order valence-electron chi connectivity index (χ0n) is 45.7. The molecule has 8 heteroatoms. The van der Waals surface area contributed by atoms with E-state index < -0.39 is 28.6 Å². The number of halogens is 4. The zero-order chi connectivity index (χ0) is 54.6. The Labute approximate surface area is 462 Å². The Bertz CT molecular complexity index is 3600. The molecule has 8 aromatic rings. The van der Waals surface area contributed by atoms with Gasteiger partial charge >= 0.3 is 6.18 Å². The van der Waals surface area contributed by atoms with Crippen LogP contribution in [0.2, 0.25) is 0 Å². The van der Waals surface area contributed by atoms with Crippen LogP contribution in [0.15, 0.2) is 164 Å². The number of alkyl halides is 3. The molecule has 2 fully saturated rings. The number of fused-ring (bicyclic) bond motifs is 8. The maximum absolute atomic E-state index is 16.3. The summed E-state index contributed by atoms with van der Waals surface area (Å²) in [6.45, 7) is 10.1. The van der Waals surface area contributed by atoms with Crippen molar-refractivity contribution in [3.63, 3.8) is 0 Å². The van der Waals surface area contributed by atoms with Crippen LogP contribution < -0.4 is 15.0 Å². The average Bonchev–Trinajstić information content (AvgIpc) is 3.10. The Hall–Kier alpha value is -7.45. The number of amides is 1. The molecule has 1 atom stereocenters. The van der Waals surface area contributed by atoms with E-state index in [1.54, 1.807) is 0 Å². The summed E-state index contributed by atoms with van der Waals surface area (Å²) in [5.41, 5.74) is 9.05. The van der Waals surface area contributed by atoms with E-state index in [2.05, 4.69) is 47.5 Å². The summed E-state index contributed by atoms with van der Waals surface area (Å²) < 4.78 is 71.0. The third-order valence-corrected chi connectivity index (χ3v) is 18.0. The normalized spacial score (nSPS) is 19.5. The van der Waals surface area contributed by atoms with E-state index in [9.17, 15) is 9.18 Å². The standard InChI is InChI=1S/C71H68F4N2O2/c1-5-6-8-13-46-16-18-47(19-17-46)48-20-22-49(23-21-48)50-24-26-51(27-25-50)68(78)76-56-35-39-58(45(2)42-56)52-28-38-59-61(43-52)64-60-14-9-10-15-62(60)69(3,4)66(64)65-63(71(73,74)75)44-70(79-67(59)65,53-29-33-55(72)34-30-53)54-31-36-57(37-32-54)77-40-11-7-12-41-77/h9-10,14-15,20-39,42-44,46-47H,5-8,11-13,16-19,40-41H2,1-4H3,(H,76,78)/t46-,47-,70?. The largest absolute Gasteiger partial charge is 0.472 e. The third kappa shape index (κ3) is 9.73. The molecule has 8 aromatic carbocycles. The van der Waals surface area contributed by atoms with Crippen molar-refractivity contribution in [2.75, 3.05) is 23.3 Å². The highest BCUT2D eigenvalue weighted by Gasteiger charge is 2.52. The molecule has 4 aliphatic rings. The second-order valence-corrected chi connectivity index (χ2v) is 23.3. The van der Waals surface area contributed by atoms with Gasteiger partial charge in [-0.05, 0) is 191 Å². The van der Waals surface area contributed by atoms with Crippen LogP contribution in [0.25, 0.3) is 49.7 Å². The number of aryl methyl sites for hydroxylation is 1. The molecule has 79 heavy (non-hydrogen) atoms. The third-order valence-electron chi connectivity index (χ3n) is 18.0. The van der Waals surface area contributed by atoms with Gasteiger partial charge in [-0.1, -0.05) is 144 Å². The molecule has 0 spiro atoms. The van der Waals surface area contributed by atoms with E-state index >= 15 is 13.2 Å². The van der Waals surface area contributed by atoms with Gasteiger partial charge in [-0.3, -0.25) is 4.79 Å². The van der Waals surface area contributed by atoms with Crippen LogP contribution in [0, 0.1) is 18.7 Å². The van der Waals surface area contributed by atoms with Crippen molar-refractivity contribution in [2.45, 2.75) is 121 Å². The summed E-state index contributed by atoms with van der Waals surface area (Å²) in [5, 5.41) is 4.40. The first-order valence-electron chi connectivity index (χ1n) is 28.7. The fourth-order valence-corrected chi connectivity index (χ4v) is 13.7. The second kappa shape index (κ2) is 21.0. The van der Waals surface area contributed by atoms with Crippen LogP contribution in [0.4, 0.5) is 28.9 Å². The highest BCUT2D eigenvalue weighted by molar-refractivity contribution is 6.11. The molecule has 2 aliphatic carbocycles. The highest BCUT2D eigenvalue weighted by Crippen LogP contribution is 2.62. The van der Waals surface area contributed by atoms with Crippen molar-refractivity contribution >= 4 is 33.6 Å². The van der Waals surface area contributed by atoms with Crippen LogP contribution in [0.5, 0.6) is 5.75 Å². The van der Waals surface area contributed by atoms with Crippen molar-refractivity contribution in [2.24, 2.45) is 5.92 Å². The van der Waals surface area contributed by atoms with E-state index in [1.165, 1.54) is 93.7 Å². The number of anilines is 2. The SMILES string of the molecule is CCCCC[C@H]1CC[C@H](c2ccc(-c3ccc(C(=O)Nc4ccc(-c5ccc6c7c(c8c(c6c5)-c5ccccc5C8(C)C)C(C(F)(F)F)=CC(c5ccc(F)cc5)(c5ccc(N6CCCCC6)cc5)O7)c(C)c4)cc3)cc2)CC1. The molecular formula is C71H68F4N2O2. The van der Waals surface area contributed by atoms with Crippen molar-refractivity contribution in [1.29, 1.82) is 0 Å². The Balaban J connectivity index is 0.867. The first-order valence-corrected chi connectivity index (χ1v) is 28.7. The minimum atomic E-state index is -4.81. The lowest BCUT2D eigenvalue weighted by molar-refractivity contribution is -0.0709. The van der Waals surface area contributed by atoms with Gasteiger partial charge < -0.3 is 15.0 Å². The average molecular weight is 1060 g/mol. The first-order chi connectivity index (χ1) is 38.2. The van der Waals surface area contributed by atoms with E-state index in [1.807, 2.05) is 124 Å². The minimum Gasteiger partial charge on any atom is -0.472 e. The van der Waals surface area contributed by atoms with Gasteiger partial charge in [-0.2, -0.15) is 13.2 Å². The molecule has 0 bridgehead atoms. The summed E-state index contributed by atoms with van der Waals surface area (Å²) >= 11 is 0. The number of rotatable bonds is 12. The van der Waals surface area contributed by atoms with E-state index in [0.29, 0.717) is 39.2 Å². The minimum absolute atomic E-state index is 0.0203. The van der Waals surface area contributed by atoms with Gasteiger partial charge in [0.05, 0.1) is 5.57 Å². The quantitative estimate of drug-likeness (QED) is 0.0979. The molecule has 1 saturated carbocycles. The molecule has 1 N–H and O–H groups in total. The first kappa shape index (κ1) is 52.3. The Morgan fingerprint density at radius 2 is 1.34 bits per heavy atom. The lowest BCUT2D eigenvalue weighted by Crippen LogP contribution is -2.38. The molecule has 0 radical (unpaired) electrons. The van der Waals surface area contributed by atoms with Crippen LogP contribution in [0.3, 0.4) is 0 Å². The zero-order valence-corrected chi connectivity index (χ0v) is 45.7. The molecule has 402 valence electrons. The second-order valence-electron chi connectivity index (χ2n) is 23.3. The lowest BCUT2D eigenvalue weighted by atomic mass is 9.74. The molecule has 2 aliphatic heterocycles. The Morgan fingerprint density at radius 3 is 2.01 bits per heavy atom. The van der Waals surface area contributed by atoms with Gasteiger partial charge in [0.15, 0.2) is 5.60 Å². The van der Waals surface area contributed by atoms with Crippen LogP contribution in [-0.2, 0) is 11.0 Å². The van der Waals surface area contributed by atoms with E-state index in [0.717, 1.165) is 87.4 Å². The number of carbonyl (C=O) groups is 1. The fraction of sp³-hybridized carbons (Fsp3) is 0.310. The number of nitrogens with one attached hydrogen (secondary N) is 1. The monoisotopic (exact) mass is 1060 g/mol. The van der Waals surface area contributed by atoms with Crippen molar-refractivity contribution in [1.82, 2.24) is 0 Å². The van der Waals surface area contributed by atoms with Crippen molar-refractivity contribution in [3.05, 3.63) is 214 Å². The number of ether oxygens (including phenoxy) is 1. The lowest BCUT2D eigenvalue weighted by Gasteiger charge is -2.41. The molecule has 1 amide bonds. The van der Waals surface area contributed by atoms with Crippen LogP contribution in [0.1, 0.15) is 147 Å².